The van der Waals surface area contributed by atoms with Crippen molar-refractivity contribution in [2.24, 2.45) is 9.98 Å². The molecule has 3 rings (SSSR count). The Kier molecular flexibility index (Phi) is 3.23. The predicted octanol–water partition coefficient (Wildman–Crippen LogP) is 3.71. The first-order valence-electron chi connectivity index (χ1n) is 6.57. The van der Waals surface area contributed by atoms with Crippen molar-refractivity contribution in [1.82, 2.24) is 0 Å². The molecule has 2 nitrogen and oxygen atoms in total. The maximum atomic E-state index is 4.66. The number of hydrogen-bond acceptors (Lipinski definition) is 2. The van der Waals surface area contributed by atoms with Crippen molar-refractivity contribution >= 4 is 11.4 Å². The third kappa shape index (κ3) is 2.63. The van der Waals surface area contributed by atoms with Gasteiger partial charge in [-0.05, 0) is 18.1 Å². The molecule has 0 atom stereocenters. The van der Waals surface area contributed by atoms with E-state index in [1.807, 2.05) is 19.1 Å². The molecular weight excluding hydrogens is 232 g/mol. The molecule has 0 saturated heterocycles. The van der Waals surface area contributed by atoms with Gasteiger partial charge in [-0.3, -0.25) is 9.98 Å². The van der Waals surface area contributed by atoms with Gasteiger partial charge in [0.15, 0.2) is 0 Å². The summed E-state index contributed by atoms with van der Waals surface area (Å²) in [5.41, 5.74) is 4.64. The van der Waals surface area contributed by atoms with Crippen molar-refractivity contribution in [1.29, 1.82) is 0 Å². The van der Waals surface area contributed by atoms with Crippen LogP contribution in [-0.2, 0) is 0 Å². The second-order valence-electron chi connectivity index (χ2n) is 4.69. The molecule has 0 amide bonds. The zero-order valence-electron chi connectivity index (χ0n) is 11.0. The van der Waals surface area contributed by atoms with Crippen molar-refractivity contribution in [3.05, 3.63) is 71.8 Å². The highest BCUT2D eigenvalue weighted by atomic mass is 15.0. The highest BCUT2D eigenvalue weighted by Crippen LogP contribution is 2.17. The van der Waals surface area contributed by atoms with Crippen molar-refractivity contribution in [3.8, 4) is 0 Å². The van der Waals surface area contributed by atoms with Crippen LogP contribution in [0.15, 0.2) is 70.6 Å². The van der Waals surface area contributed by atoms with Gasteiger partial charge in [0.05, 0.1) is 11.4 Å². The Balaban J connectivity index is 1.92. The molecule has 0 radical (unpaired) electrons. The lowest BCUT2D eigenvalue weighted by molar-refractivity contribution is 0.780. The molecule has 1 heterocycles. The Bertz CT molecular complexity index is 557. The van der Waals surface area contributed by atoms with Crippen LogP contribution in [-0.4, -0.2) is 17.6 Å². The van der Waals surface area contributed by atoms with Crippen molar-refractivity contribution in [2.75, 3.05) is 0 Å². The van der Waals surface area contributed by atoms with Crippen LogP contribution in [0.2, 0.25) is 0 Å². The Morgan fingerprint density at radius 1 is 0.737 bits per heavy atom. The molecule has 94 valence electrons. The second kappa shape index (κ2) is 5.19. The summed E-state index contributed by atoms with van der Waals surface area (Å²) in [5.74, 6) is 0. The molecule has 19 heavy (non-hydrogen) atoms. The lowest BCUT2D eigenvalue weighted by atomic mass is 9.98. The summed E-state index contributed by atoms with van der Waals surface area (Å²) in [6.07, 6.45) is 0.803. The monoisotopic (exact) mass is 248 g/mol. The largest absolute Gasteiger partial charge is 0.262 e. The first kappa shape index (κ1) is 11.8. The van der Waals surface area contributed by atoms with Gasteiger partial charge in [-0.1, -0.05) is 60.7 Å². The van der Waals surface area contributed by atoms with E-state index in [0.29, 0.717) is 0 Å². The molecule has 0 aromatic heterocycles. The van der Waals surface area contributed by atoms with Crippen LogP contribution in [0.5, 0.6) is 0 Å². The zero-order chi connectivity index (χ0) is 13.1. The summed E-state index contributed by atoms with van der Waals surface area (Å²) in [5, 5.41) is 0. The maximum absolute atomic E-state index is 4.66. The molecule has 0 N–H and O–H groups in total. The molecule has 2 aromatic carbocycles. The highest BCUT2D eigenvalue weighted by Gasteiger charge is 2.16. The number of hydrogen-bond donors (Lipinski definition) is 0. The van der Waals surface area contributed by atoms with Gasteiger partial charge < -0.3 is 0 Å². The van der Waals surface area contributed by atoms with Crippen molar-refractivity contribution < 1.29 is 0 Å². The lowest BCUT2D eigenvalue weighted by Crippen LogP contribution is -2.19. The van der Waals surface area contributed by atoms with Crippen LogP contribution in [0, 0.1) is 0 Å². The molecule has 0 saturated carbocycles. The summed E-state index contributed by atoms with van der Waals surface area (Å²) in [4.78, 5) is 9.31. The summed E-state index contributed by atoms with van der Waals surface area (Å²) in [6, 6.07) is 20.7. The topological polar surface area (TPSA) is 24.7 Å². The van der Waals surface area contributed by atoms with Crippen LogP contribution < -0.4 is 0 Å². The Labute approximate surface area is 113 Å². The highest BCUT2D eigenvalue weighted by molar-refractivity contribution is 6.18. The van der Waals surface area contributed by atoms with Crippen LogP contribution in [0.25, 0.3) is 0 Å². The van der Waals surface area contributed by atoms with Gasteiger partial charge in [-0.2, -0.15) is 0 Å². The van der Waals surface area contributed by atoms with Gasteiger partial charge in [0.1, 0.15) is 6.17 Å². The smallest absolute Gasteiger partial charge is 0.137 e. The minimum Gasteiger partial charge on any atom is -0.262 e. The van der Waals surface area contributed by atoms with Gasteiger partial charge in [0.2, 0.25) is 0 Å². The second-order valence-corrected chi connectivity index (χ2v) is 4.69. The van der Waals surface area contributed by atoms with E-state index < -0.39 is 0 Å². The SMILES string of the molecule is CC1N=C(c2ccccc2)CC(c2ccccc2)=N1. The predicted molar refractivity (Wildman–Crippen MR) is 80.0 cm³/mol. The average Bonchev–Trinajstić information content (AvgIpc) is 2.48. The summed E-state index contributed by atoms with van der Waals surface area (Å²) < 4.78 is 0. The van der Waals surface area contributed by atoms with E-state index in [-0.39, 0.29) is 6.17 Å². The normalized spacial score (nSPS) is 15.8. The van der Waals surface area contributed by atoms with Gasteiger partial charge in [0.25, 0.3) is 0 Å². The van der Waals surface area contributed by atoms with Gasteiger partial charge in [-0.25, -0.2) is 0 Å². The fourth-order valence-corrected chi connectivity index (χ4v) is 2.34. The molecule has 1 aliphatic heterocycles. The molecule has 1 aliphatic rings. The van der Waals surface area contributed by atoms with Crippen LogP contribution in [0.1, 0.15) is 24.5 Å². The third-order valence-corrected chi connectivity index (χ3v) is 3.23. The first-order valence-corrected chi connectivity index (χ1v) is 6.57. The standard InChI is InChI=1S/C17H16N2/c1-13-18-16(14-8-4-2-5-9-14)12-17(19-13)15-10-6-3-7-11-15/h2-11,13H,12H2,1H3. The Morgan fingerprint density at radius 2 is 1.16 bits per heavy atom. The molecule has 0 aliphatic carbocycles. The number of benzene rings is 2. The molecule has 0 spiro atoms. The van der Waals surface area contributed by atoms with E-state index >= 15 is 0 Å². The Morgan fingerprint density at radius 3 is 1.58 bits per heavy atom. The average molecular weight is 248 g/mol. The van der Waals surface area contributed by atoms with E-state index in [0.717, 1.165) is 17.8 Å². The summed E-state index contributed by atoms with van der Waals surface area (Å²) in [6.45, 7) is 2.03. The van der Waals surface area contributed by atoms with Gasteiger partial charge in [-0.15, -0.1) is 0 Å². The molecular formula is C17H16N2. The van der Waals surface area contributed by atoms with E-state index in [2.05, 4.69) is 58.5 Å². The Hall–Kier alpha value is -2.22. The van der Waals surface area contributed by atoms with Crippen molar-refractivity contribution in [3.63, 3.8) is 0 Å². The molecule has 0 bridgehead atoms. The number of rotatable bonds is 2. The summed E-state index contributed by atoms with van der Waals surface area (Å²) >= 11 is 0. The van der Waals surface area contributed by atoms with Gasteiger partial charge >= 0.3 is 0 Å². The van der Waals surface area contributed by atoms with E-state index in [1.165, 1.54) is 11.1 Å². The molecule has 0 unspecified atom stereocenters. The minimum absolute atomic E-state index is 0.000776. The van der Waals surface area contributed by atoms with E-state index in [1.54, 1.807) is 0 Å². The van der Waals surface area contributed by atoms with Crippen LogP contribution in [0.4, 0.5) is 0 Å². The lowest BCUT2D eigenvalue weighted by Gasteiger charge is -2.18. The van der Waals surface area contributed by atoms with Gasteiger partial charge in [0, 0.05) is 6.42 Å². The molecule has 2 aromatic rings. The third-order valence-electron chi connectivity index (χ3n) is 3.23. The molecule has 0 fully saturated rings. The number of aliphatic imine (C=N–C) groups is 2. The zero-order valence-corrected chi connectivity index (χ0v) is 11.0. The fourth-order valence-electron chi connectivity index (χ4n) is 2.34. The first-order chi connectivity index (χ1) is 9.33. The summed E-state index contributed by atoms with van der Waals surface area (Å²) in [7, 11) is 0. The van der Waals surface area contributed by atoms with Crippen LogP contribution in [0.3, 0.4) is 0 Å². The number of nitrogens with zero attached hydrogens (tertiary/aromatic N) is 2. The van der Waals surface area contributed by atoms with Crippen molar-refractivity contribution in [2.45, 2.75) is 19.5 Å². The van der Waals surface area contributed by atoms with Crippen LogP contribution >= 0.6 is 0 Å². The minimum atomic E-state index is -0.000776. The quantitative estimate of drug-likeness (QED) is 0.774. The molecule has 2 heteroatoms. The van der Waals surface area contributed by atoms with E-state index in [4.69, 9.17) is 0 Å². The van der Waals surface area contributed by atoms with E-state index in [9.17, 15) is 0 Å². The maximum Gasteiger partial charge on any atom is 0.137 e. The fraction of sp³-hybridized carbons (Fsp3) is 0.176.